The molecule has 2 aromatic rings. The summed E-state index contributed by atoms with van der Waals surface area (Å²) >= 11 is 6.19. The summed E-state index contributed by atoms with van der Waals surface area (Å²) in [5, 5.41) is 3.81. The molecule has 138 valence electrons. The second kappa shape index (κ2) is 8.67. The van der Waals surface area contributed by atoms with Crippen molar-refractivity contribution in [2.45, 2.75) is 30.7 Å². The molecule has 1 fully saturated rings. The van der Waals surface area contributed by atoms with Crippen molar-refractivity contribution in [1.29, 1.82) is 0 Å². The summed E-state index contributed by atoms with van der Waals surface area (Å²) in [6, 6.07) is 17.3. The molecule has 1 atom stereocenters. The fourth-order valence-corrected chi connectivity index (χ4v) is 3.70. The molecule has 0 aliphatic carbocycles. The van der Waals surface area contributed by atoms with E-state index in [2.05, 4.69) is 11.4 Å². The summed E-state index contributed by atoms with van der Waals surface area (Å²) in [5.41, 5.74) is 8.15. The standard InChI is InChI=1S/C21H25ClN2O2/c22-18-8-4-7-17(13-18)21(9-11-26-12-10-21)15-24-20(25)14-19(23)16-5-2-1-3-6-16/h1-8,13,19H,9-12,14-15,23H2,(H,24,25). The summed E-state index contributed by atoms with van der Waals surface area (Å²) in [6.07, 6.45) is 1.99. The maximum absolute atomic E-state index is 12.5. The monoisotopic (exact) mass is 372 g/mol. The van der Waals surface area contributed by atoms with Gasteiger partial charge in [-0.05, 0) is 36.1 Å². The zero-order valence-electron chi connectivity index (χ0n) is 14.8. The summed E-state index contributed by atoms with van der Waals surface area (Å²) in [5.74, 6) is -0.0331. The van der Waals surface area contributed by atoms with Crippen LogP contribution in [0.15, 0.2) is 54.6 Å². The van der Waals surface area contributed by atoms with Crippen LogP contribution in [0.25, 0.3) is 0 Å². The molecule has 1 amide bonds. The largest absolute Gasteiger partial charge is 0.381 e. The second-order valence-corrected chi connectivity index (χ2v) is 7.34. The molecule has 0 saturated carbocycles. The number of hydrogen-bond donors (Lipinski definition) is 2. The van der Waals surface area contributed by atoms with Gasteiger partial charge in [-0.2, -0.15) is 0 Å². The third-order valence-electron chi connectivity index (χ3n) is 5.14. The number of nitrogens with one attached hydrogen (secondary N) is 1. The minimum absolute atomic E-state index is 0.0331. The van der Waals surface area contributed by atoms with Crippen LogP contribution in [0, 0.1) is 0 Å². The molecule has 2 aromatic carbocycles. The minimum atomic E-state index is -0.298. The Morgan fingerprint density at radius 2 is 1.88 bits per heavy atom. The summed E-state index contributed by atoms with van der Waals surface area (Å²) in [4.78, 5) is 12.5. The van der Waals surface area contributed by atoms with Crippen molar-refractivity contribution in [3.63, 3.8) is 0 Å². The van der Waals surface area contributed by atoms with E-state index in [1.54, 1.807) is 0 Å². The molecule has 4 nitrogen and oxygen atoms in total. The third-order valence-corrected chi connectivity index (χ3v) is 5.38. The van der Waals surface area contributed by atoms with Crippen LogP contribution in [0.1, 0.15) is 36.4 Å². The van der Waals surface area contributed by atoms with Gasteiger partial charge in [0.2, 0.25) is 5.91 Å². The Morgan fingerprint density at radius 1 is 1.15 bits per heavy atom. The van der Waals surface area contributed by atoms with E-state index in [9.17, 15) is 4.79 Å². The smallest absolute Gasteiger partial charge is 0.221 e. The fraction of sp³-hybridized carbons (Fsp3) is 0.381. The van der Waals surface area contributed by atoms with E-state index in [4.69, 9.17) is 22.1 Å². The van der Waals surface area contributed by atoms with Crippen molar-refractivity contribution >= 4 is 17.5 Å². The molecule has 3 N–H and O–H groups in total. The maximum Gasteiger partial charge on any atom is 0.221 e. The van der Waals surface area contributed by atoms with Crippen LogP contribution >= 0.6 is 11.6 Å². The minimum Gasteiger partial charge on any atom is -0.381 e. The van der Waals surface area contributed by atoms with Gasteiger partial charge in [0.15, 0.2) is 0 Å². The van der Waals surface area contributed by atoms with E-state index in [0.717, 1.165) is 24.0 Å². The number of carbonyl (C=O) groups is 1. The van der Waals surface area contributed by atoms with Gasteiger partial charge in [-0.1, -0.05) is 54.1 Å². The van der Waals surface area contributed by atoms with Crippen LogP contribution in [0.4, 0.5) is 0 Å². The summed E-state index contributed by atoms with van der Waals surface area (Å²) in [7, 11) is 0. The lowest BCUT2D eigenvalue weighted by Crippen LogP contribution is -2.45. The Labute approximate surface area is 159 Å². The molecule has 1 heterocycles. The Kier molecular flexibility index (Phi) is 6.30. The van der Waals surface area contributed by atoms with Gasteiger partial charge < -0.3 is 15.8 Å². The number of carbonyl (C=O) groups excluding carboxylic acids is 1. The molecule has 5 heteroatoms. The van der Waals surface area contributed by atoms with Gasteiger partial charge >= 0.3 is 0 Å². The molecule has 1 aliphatic heterocycles. The van der Waals surface area contributed by atoms with Gasteiger partial charge in [-0.15, -0.1) is 0 Å². The van der Waals surface area contributed by atoms with E-state index in [1.807, 2.05) is 48.5 Å². The van der Waals surface area contributed by atoms with Crippen LogP contribution in [-0.4, -0.2) is 25.7 Å². The molecule has 0 spiro atoms. The van der Waals surface area contributed by atoms with Crippen LogP contribution in [0.3, 0.4) is 0 Å². The van der Waals surface area contributed by atoms with Crippen molar-refractivity contribution < 1.29 is 9.53 Å². The van der Waals surface area contributed by atoms with Crippen molar-refractivity contribution in [2.75, 3.05) is 19.8 Å². The van der Waals surface area contributed by atoms with E-state index >= 15 is 0 Å². The van der Waals surface area contributed by atoms with Crippen molar-refractivity contribution in [2.24, 2.45) is 5.73 Å². The number of hydrogen-bond acceptors (Lipinski definition) is 3. The molecule has 1 unspecified atom stereocenters. The quantitative estimate of drug-likeness (QED) is 0.814. The van der Waals surface area contributed by atoms with Crippen LogP contribution < -0.4 is 11.1 Å². The molecular formula is C21H25ClN2O2. The molecule has 1 aliphatic rings. The molecule has 0 radical (unpaired) electrons. The Bertz CT molecular complexity index is 730. The predicted molar refractivity (Wildman–Crippen MR) is 104 cm³/mol. The predicted octanol–water partition coefficient (Wildman–Crippen LogP) is 3.59. The lowest BCUT2D eigenvalue weighted by atomic mass is 9.74. The first-order valence-corrected chi connectivity index (χ1v) is 9.38. The second-order valence-electron chi connectivity index (χ2n) is 6.90. The topological polar surface area (TPSA) is 64.4 Å². The molecule has 1 saturated heterocycles. The third kappa shape index (κ3) is 4.64. The molecule has 0 bridgehead atoms. The molecular weight excluding hydrogens is 348 g/mol. The number of nitrogens with two attached hydrogens (primary N) is 1. The van der Waals surface area contributed by atoms with E-state index in [0.29, 0.717) is 24.8 Å². The van der Waals surface area contributed by atoms with Crippen LogP contribution in [0.5, 0.6) is 0 Å². The van der Waals surface area contributed by atoms with Gasteiger partial charge in [0, 0.05) is 42.7 Å². The highest BCUT2D eigenvalue weighted by atomic mass is 35.5. The lowest BCUT2D eigenvalue weighted by Gasteiger charge is -2.38. The highest BCUT2D eigenvalue weighted by Gasteiger charge is 2.35. The number of amides is 1. The number of halogens is 1. The van der Waals surface area contributed by atoms with Crippen molar-refractivity contribution in [3.8, 4) is 0 Å². The number of ether oxygens (including phenoxy) is 1. The molecule has 26 heavy (non-hydrogen) atoms. The van der Waals surface area contributed by atoms with Crippen LogP contribution in [-0.2, 0) is 14.9 Å². The van der Waals surface area contributed by atoms with Gasteiger partial charge in [-0.3, -0.25) is 4.79 Å². The van der Waals surface area contributed by atoms with E-state index < -0.39 is 0 Å². The van der Waals surface area contributed by atoms with Gasteiger partial charge in [0.25, 0.3) is 0 Å². The molecule has 3 rings (SSSR count). The maximum atomic E-state index is 12.5. The fourth-order valence-electron chi connectivity index (χ4n) is 3.51. The van der Waals surface area contributed by atoms with Crippen molar-refractivity contribution in [1.82, 2.24) is 5.32 Å². The SMILES string of the molecule is NC(CC(=O)NCC1(c2cccc(Cl)c2)CCOCC1)c1ccccc1. The Balaban J connectivity index is 1.65. The zero-order valence-corrected chi connectivity index (χ0v) is 15.5. The Hall–Kier alpha value is -1.88. The van der Waals surface area contributed by atoms with Crippen molar-refractivity contribution in [3.05, 3.63) is 70.7 Å². The highest BCUT2D eigenvalue weighted by Crippen LogP contribution is 2.35. The van der Waals surface area contributed by atoms with Gasteiger partial charge in [0.1, 0.15) is 0 Å². The van der Waals surface area contributed by atoms with E-state index in [1.165, 1.54) is 0 Å². The van der Waals surface area contributed by atoms with Crippen LogP contribution in [0.2, 0.25) is 5.02 Å². The first kappa shape index (κ1) is 18.9. The summed E-state index contributed by atoms with van der Waals surface area (Å²) < 4.78 is 5.54. The lowest BCUT2D eigenvalue weighted by molar-refractivity contribution is -0.122. The molecule has 0 aromatic heterocycles. The number of benzene rings is 2. The van der Waals surface area contributed by atoms with E-state index in [-0.39, 0.29) is 23.8 Å². The first-order chi connectivity index (χ1) is 12.6. The highest BCUT2D eigenvalue weighted by molar-refractivity contribution is 6.30. The normalized spacial score (nSPS) is 17.5. The number of rotatable bonds is 6. The van der Waals surface area contributed by atoms with Gasteiger partial charge in [0.05, 0.1) is 0 Å². The summed E-state index contributed by atoms with van der Waals surface area (Å²) in [6.45, 7) is 1.94. The average molecular weight is 373 g/mol. The van der Waals surface area contributed by atoms with Gasteiger partial charge in [-0.25, -0.2) is 0 Å². The Morgan fingerprint density at radius 3 is 2.58 bits per heavy atom. The zero-order chi connectivity index (χ0) is 18.4. The average Bonchev–Trinajstić information content (AvgIpc) is 2.68. The first-order valence-electron chi connectivity index (χ1n) is 9.00.